The molecule has 9 heteroatoms. The van der Waals surface area contributed by atoms with E-state index >= 15 is 0 Å². The van der Waals surface area contributed by atoms with Crippen LogP contribution in [0.25, 0.3) is 6.08 Å². The number of thioether (sulfide) groups is 1. The number of hydrogen-bond donors (Lipinski definition) is 1. The second-order valence-electron chi connectivity index (χ2n) is 8.41. The third-order valence-corrected chi connectivity index (χ3v) is 6.87. The molecule has 1 saturated heterocycles. The van der Waals surface area contributed by atoms with Crippen LogP contribution in [0.2, 0.25) is 5.02 Å². The number of carbonyl (C=O) groups excluding carboxylic acids is 3. The Morgan fingerprint density at radius 1 is 1.03 bits per heavy atom. The average Bonchev–Trinajstić information content (AvgIpc) is 3.13. The lowest BCUT2D eigenvalue weighted by atomic mass is 10.1. The highest BCUT2D eigenvalue weighted by molar-refractivity contribution is 8.18. The first-order valence-corrected chi connectivity index (χ1v) is 12.6. The first-order valence-electron chi connectivity index (χ1n) is 11.4. The molecule has 0 bridgehead atoms. The van der Waals surface area contributed by atoms with Gasteiger partial charge in [-0.1, -0.05) is 48.0 Å². The standard InChI is InChI=1S/C28H25ClN2O5S/c1-17-5-4-6-18(2)26(17)30-25(32)15-31-27(33)24(37-28(31)34)14-20-9-12-22(23(13-20)35-3)36-16-19-7-10-21(29)11-8-19/h4-14H,15-16H2,1-3H3,(H,30,32)/b24-14+. The third kappa shape index (κ3) is 6.34. The summed E-state index contributed by atoms with van der Waals surface area (Å²) in [6.07, 6.45) is 1.60. The van der Waals surface area contributed by atoms with Crippen LogP contribution in [-0.2, 0) is 16.2 Å². The smallest absolute Gasteiger partial charge is 0.294 e. The van der Waals surface area contributed by atoms with Crippen LogP contribution in [0.15, 0.2) is 65.6 Å². The summed E-state index contributed by atoms with van der Waals surface area (Å²) in [5.41, 5.74) is 4.08. The van der Waals surface area contributed by atoms with E-state index in [2.05, 4.69) is 5.32 Å². The minimum atomic E-state index is -0.520. The highest BCUT2D eigenvalue weighted by Gasteiger charge is 2.36. The van der Waals surface area contributed by atoms with Crippen LogP contribution in [0, 0.1) is 13.8 Å². The Kier molecular flexibility index (Phi) is 8.21. The number of carbonyl (C=O) groups is 3. The second-order valence-corrected chi connectivity index (χ2v) is 9.84. The number of aryl methyl sites for hydroxylation is 2. The summed E-state index contributed by atoms with van der Waals surface area (Å²) in [5.74, 6) is 0.0549. The van der Waals surface area contributed by atoms with Crippen molar-refractivity contribution in [3.63, 3.8) is 0 Å². The first-order chi connectivity index (χ1) is 17.7. The monoisotopic (exact) mass is 536 g/mol. The quantitative estimate of drug-likeness (QED) is 0.344. The molecule has 1 aliphatic rings. The van der Waals surface area contributed by atoms with E-state index in [1.165, 1.54) is 7.11 Å². The van der Waals surface area contributed by atoms with Crippen molar-refractivity contribution in [3.05, 3.63) is 92.8 Å². The molecule has 7 nitrogen and oxygen atoms in total. The minimum absolute atomic E-state index is 0.224. The van der Waals surface area contributed by atoms with Gasteiger partial charge in [0, 0.05) is 10.7 Å². The van der Waals surface area contributed by atoms with E-state index in [-0.39, 0.29) is 11.4 Å². The van der Waals surface area contributed by atoms with Gasteiger partial charge in [0.05, 0.1) is 12.0 Å². The fraction of sp³-hybridized carbons (Fsp3) is 0.179. The Morgan fingerprint density at radius 2 is 1.73 bits per heavy atom. The zero-order valence-electron chi connectivity index (χ0n) is 20.5. The molecule has 0 aliphatic carbocycles. The Hall–Kier alpha value is -3.75. The number of methoxy groups -OCH3 is 1. The van der Waals surface area contributed by atoms with Crippen molar-refractivity contribution in [2.24, 2.45) is 0 Å². The summed E-state index contributed by atoms with van der Waals surface area (Å²) in [4.78, 5) is 39.2. The lowest BCUT2D eigenvalue weighted by Gasteiger charge is -2.15. The van der Waals surface area contributed by atoms with Crippen molar-refractivity contribution >= 4 is 52.2 Å². The topological polar surface area (TPSA) is 84.9 Å². The molecule has 1 N–H and O–H groups in total. The Labute approximate surface area is 224 Å². The van der Waals surface area contributed by atoms with Gasteiger partial charge in [0.2, 0.25) is 5.91 Å². The second kappa shape index (κ2) is 11.5. The van der Waals surface area contributed by atoms with Crippen LogP contribution in [0.1, 0.15) is 22.3 Å². The van der Waals surface area contributed by atoms with Crippen molar-refractivity contribution in [3.8, 4) is 11.5 Å². The van der Waals surface area contributed by atoms with Crippen LogP contribution in [0.5, 0.6) is 11.5 Å². The van der Waals surface area contributed by atoms with E-state index in [1.54, 1.807) is 36.4 Å². The summed E-state index contributed by atoms with van der Waals surface area (Å²) < 4.78 is 11.3. The van der Waals surface area contributed by atoms with E-state index < -0.39 is 17.1 Å². The Morgan fingerprint density at radius 3 is 2.41 bits per heavy atom. The maximum atomic E-state index is 12.9. The maximum Gasteiger partial charge on any atom is 0.294 e. The Balaban J connectivity index is 1.43. The highest BCUT2D eigenvalue weighted by atomic mass is 35.5. The molecule has 3 amide bonds. The van der Waals surface area contributed by atoms with Crippen LogP contribution >= 0.6 is 23.4 Å². The van der Waals surface area contributed by atoms with Gasteiger partial charge in [-0.05, 0) is 78.2 Å². The van der Waals surface area contributed by atoms with Crippen LogP contribution in [0.4, 0.5) is 10.5 Å². The van der Waals surface area contributed by atoms with E-state index in [9.17, 15) is 14.4 Å². The minimum Gasteiger partial charge on any atom is -0.493 e. The summed E-state index contributed by atoms with van der Waals surface area (Å²) in [7, 11) is 1.52. The van der Waals surface area contributed by atoms with Gasteiger partial charge in [-0.15, -0.1) is 0 Å². The first kappa shape index (κ1) is 26.3. The normalized spacial score (nSPS) is 14.3. The zero-order chi connectivity index (χ0) is 26.5. The summed E-state index contributed by atoms with van der Waals surface area (Å²) in [5, 5.41) is 2.96. The molecule has 1 heterocycles. The molecule has 0 saturated carbocycles. The Bertz CT molecular complexity index is 1370. The molecule has 0 spiro atoms. The van der Waals surface area contributed by atoms with Gasteiger partial charge >= 0.3 is 0 Å². The molecule has 1 aliphatic heterocycles. The summed E-state index contributed by atoms with van der Waals surface area (Å²) in [6, 6.07) is 18.2. The van der Waals surface area contributed by atoms with Gasteiger partial charge in [0.1, 0.15) is 13.2 Å². The fourth-order valence-corrected chi connectivity index (χ4v) is 4.72. The molecule has 1 fully saturated rings. The van der Waals surface area contributed by atoms with Gasteiger partial charge in [-0.2, -0.15) is 0 Å². The number of nitrogens with one attached hydrogen (secondary N) is 1. The number of nitrogens with zero attached hydrogens (tertiary/aromatic N) is 1. The van der Waals surface area contributed by atoms with Crippen molar-refractivity contribution in [1.82, 2.24) is 4.90 Å². The van der Waals surface area contributed by atoms with Crippen molar-refractivity contribution < 1.29 is 23.9 Å². The molecule has 3 aromatic rings. The fourth-order valence-electron chi connectivity index (χ4n) is 3.76. The number of para-hydroxylation sites is 1. The average molecular weight is 537 g/mol. The lowest BCUT2D eigenvalue weighted by Crippen LogP contribution is -2.36. The van der Waals surface area contributed by atoms with Gasteiger partial charge in [-0.3, -0.25) is 19.3 Å². The van der Waals surface area contributed by atoms with Crippen molar-refractivity contribution in [2.45, 2.75) is 20.5 Å². The van der Waals surface area contributed by atoms with Crippen molar-refractivity contribution in [2.75, 3.05) is 19.0 Å². The van der Waals surface area contributed by atoms with E-state index in [1.807, 2.05) is 44.2 Å². The van der Waals surface area contributed by atoms with Gasteiger partial charge in [0.15, 0.2) is 11.5 Å². The molecule has 0 unspecified atom stereocenters. The molecule has 3 aromatic carbocycles. The number of ether oxygens (including phenoxy) is 2. The molecule has 0 radical (unpaired) electrons. The predicted octanol–water partition coefficient (Wildman–Crippen LogP) is 6.22. The SMILES string of the molecule is COc1cc(/C=C2/SC(=O)N(CC(=O)Nc3c(C)cccc3C)C2=O)ccc1OCc1ccc(Cl)cc1. The maximum absolute atomic E-state index is 12.9. The molecular formula is C28H25ClN2O5S. The summed E-state index contributed by atoms with van der Waals surface area (Å²) >= 11 is 6.72. The number of anilines is 1. The molecule has 4 rings (SSSR count). The third-order valence-electron chi connectivity index (χ3n) is 5.71. The number of amides is 3. The number of halogens is 1. The van der Waals surface area contributed by atoms with Crippen LogP contribution in [0.3, 0.4) is 0 Å². The summed E-state index contributed by atoms with van der Waals surface area (Å²) in [6.45, 7) is 3.73. The predicted molar refractivity (Wildman–Crippen MR) is 146 cm³/mol. The van der Waals surface area contributed by atoms with Crippen molar-refractivity contribution in [1.29, 1.82) is 0 Å². The van der Waals surface area contributed by atoms with Gasteiger partial charge in [-0.25, -0.2) is 0 Å². The van der Waals surface area contributed by atoms with E-state index in [0.717, 1.165) is 33.4 Å². The lowest BCUT2D eigenvalue weighted by molar-refractivity contribution is -0.127. The zero-order valence-corrected chi connectivity index (χ0v) is 22.1. The molecule has 37 heavy (non-hydrogen) atoms. The van der Waals surface area contributed by atoms with Gasteiger partial charge in [0.25, 0.3) is 11.1 Å². The molecular weight excluding hydrogens is 512 g/mol. The number of rotatable bonds is 8. The molecule has 0 atom stereocenters. The number of imide groups is 1. The molecule has 190 valence electrons. The highest BCUT2D eigenvalue weighted by Crippen LogP contribution is 2.35. The number of benzene rings is 3. The van der Waals surface area contributed by atoms with E-state index in [4.69, 9.17) is 21.1 Å². The van der Waals surface area contributed by atoms with Crippen LogP contribution < -0.4 is 14.8 Å². The van der Waals surface area contributed by atoms with Gasteiger partial charge < -0.3 is 14.8 Å². The number of hydrogen-bond acceptors (Lipinski definition) is 6. The molecule has 0 aromatic heterocycles. The van der Waals surface area contributed by atoms with Crippen LogP contribution in [-0.4, -0.2) is 35.6 Å². The van der Waals surface area contributed by atoms with E-state index in [0.29, 0.717) is 34.4 Å². The largest absolute Gasteiger partial charge is 0.493 e.